The largest absolute Gasteiger partial charge is 0.416 e. The number of benzene rings is 4. The standard InChI is InChI=1S/C38H39ClF3N3O4S/c1-27-17-19-29(20-18-27)25-44(35(23-28-11-5-2-6-12-28)37(47)43-31-13-7-3-8-14-31)36(46)26-45(50(48,49)32-15-9-4-10-16-32)34-24-30(38(40,41)42)21-22-33(34)39/h2,4-6,9-12,15-22,24,31,35H,3,7-8,13-14,23,25-26H2,1H3,(H,43,47). The molecule has 0 aromatic heterocycles. The molecule has 1 saturated carbocycles. The Morgan fingerprint density at radius 3 is 2.10 bits per heavy atom. The van der Waals surface area contributed by atoms with E-state index in [0.717, 1.165) is 55.4 Å². The van der Waals surface area contributed by atoms with Gasteiger partial charge < -0.3 is 10.2 Å². The van der Waals surface area contributed by atoms with Gasteiger partial charge in [0.05, 0.1) is 21.2 Å². The van der Waals surface area contributed by atoms with Crippen LogP contribution >= 0.6 is 11.6 Å². The molecule has 0 bridgehead atoms. The zero-order valence-electron chi connectivity index (χ0n) is 27.6. The number of sulfonamides is 1. The first kappa shape index (κ1) is 36.9. The Morgan fingerprint density at radius 1 is 0.860 bits per heavy atom. The van der Waals surface area contributed by atoms with E-state index in [1.165, 1.54) is 29.2 Å². The minimum absolute atomic E-state index is 0.0652. The molecule has 1 N–H and O–H groups in total. The molecule has 0 aliphatic heterocycles. The predicted octanol–water partition coefficient (Wildman–Crippen LogP) is 7.95. The van der Waals surface area contributed by atoms with Gasteiger partial charge in [-0.05, 0) is 61.2 Å². The summed E-state index contributed by atoms with van der Waals surface area (Å²) in [4.78, 5) is 30.0. The van der Waals surface area contributed by atoms with E-state index in [1.54, 1.807) is 6.07 Å². The smallest absolute Gasteiger partial charge is 0.352 e. The SMILES string of the molecule is Cc1ccc(CN(C(=O)CN(c2cc(C(F)(F)F)ccc2Cl)S(=O)(=O)c2ccccc2)C(Cc2ccccc2)C(=O)NC2CCCCC2)cc1. The van der Waals surface area contributed by atoms with E-state index in [2.05, 4.69) is 5.32 Å². The van der Waals surface area contributed by atoms with Gasteiger partial charge in [-0.1, -0.05) is 109 Å². The molecule has 264 valence electrons. The van der Waals surface area contributed by atoms with Gasteiger partial charge in [0, 0.05) is 19.0 Å². The average Bonchev–Trinajstić information content (AvgIpc) is 3.10. The molecule has 1 aliphatic rings. The lowest BCUT2D eigenvalue weighted by atomic mass is 9.94. The van der Waals surface area contributed by atoms with Gasteiger partial charge in [0.1, 0.15) is 12.6 Å². The Hall–Kier alpha value is -4.35. The maximum Gasteiger partial charge on any atom is 0.416 e. The van der Waals surface area contributed by atoms with Gasteiger partial charge in [0.25, 0.3) is 10.0 Å². The fourth-order valence-corrected chi connectivity index (χ4v) is 7.82. The Labute approximate surface area is 296 Å². The molecule has 50 heavy (non-hydrogen) atoms. The molecule has 5 rings (SSSR count). The minimum atomic E-state index is -4.82. The number of carbonyl (C=O) groups is 2. The molecular formula is C38H39ClF3N3O4S. The molecule has 7 nitrogen and oxygen atoms in total. The summed E-state index contributed by atoms with van der Waals surface area (Å²) in [7, 11) is -4.64. The van der Waals surface area contributed by atoms with Crippen molar-refractivity contribution in [1.82, 2.24) is 10.2 Å². The summed E-state index contributed by atoms with van der Waals surface area (Å²) in [6, 6.07) is 24.8. The van der Waals surface area contributed by atoms with Gasteiger partial charge in [-0.2, -0.15) is 13.2 Å². The third kappa shape index (κ3) is 9.25. The van der Waals surface area contributed by atoms with E-state index in [4.69, 9.17) is 11.6 Å². The van der Waals surface area contributed by atoms with Crippen molar-refractivity contribution in [3.05, 3.63) is 130 Å². The van der Waals surface area contributed by atoms with Crippen molar-refractivity contribution in [2.45, 2.75) is 75.1 Å². The van der Waals surface area contributed by atoms with Gasteiger partial charge in [0.2, 0.25) is 11.8 Å². The first-order valence-corrected chi connectivity index (χ1v) is 18.3. The number of hydrogen-bond donors (Lipinski definition) is 1. The number of hydrogen-bond acceptors (Lipinski definition) is 4. The molecule has 4 aromatic rings. The maximum atomic E-state index is 14.7. The quantitative estimate of drug-likeness (QED) is 0.161. The zero-order chi connectivity index (χ0) is 35.9. The summed E-state index contributed by atoms with van der Waals surface area (Å²) in [5.41, 5.74) is 0.778. The second-order valence-corrected chi connectivity index (χ2v) is 14.8. The van der Waals surface area contributed by atoms with Crippen molar-refractivity contribution in [2.75, 3.05) is 10.8 Å². The number of carbonyl (C=O) groups excluding carboxylic acids is 2. The molecule has 1 fully saturated rings. The van der Waals surface area contributed by atoms with E-state index in [1.807, 2.05) is 61.5 Å². The van der Waals surface area contributed by atoms with Gasteiger partial charge in [-0.3, -0.25) is 13.9 Å². The van der Waals surface area contributed by atoms with Crippen LogP contribution in [0.1, 0.15) is 54.4 Å². The van der Waals surface area contributed by atoms with Crippen LogP contribution < -0.4 is 9.62 Å². The number of nitrogens with zero attached hydrogens (tertiary/aromatic N) is 2. The van der Waals surface area contributed by atoms with Crippen LogP contribution in [0.4, 0.5) is 18.9 Å². The molecule has 1 unspecified atom stereocenters. The highest BCUT2D eigenvalue weighted by Gasteiger charge is 2.38. The number of rotatable bonds is 12. The second kappa shape index (κ2) is 16.1. The van der Waals surface area contributed by atoms with Gasteiger partial charge >= 0.3 is 6.18 Å². The van der Waals surface area contributed by atoms with Crippen molar-refractivity contribution >= 4 is 39.1 Å². The third-order valence-corrected chi connectivity index (χ3v) is 10.9. The van der Waals surface area contributed by atoms with Crippen LogP contribution in [0, 0.1) is 6.92 Å². The van der Waals surface area contributed by atoms with Gasteiger partial charge in [-0.25, -0.2) is 8.42 Å². The Balaban J connectivity index is 1.61. The number of halogens is 4. The van der Waals surface area contributed by atoms with Crippen molar-refractivity contribution < 1.29 is 31.2 Å². The normalized spacial score (nSPS) is 14.5. The number of amides is 2. The molecular weight excluding hydrogens is 687 g/mol. The summed E-state index contributed by atoms with van der Waals surface area (Å²) in [5.74, 6) is -1.19. The topological polar surface area (TPSA) is 86.8 Å². The third-order valence-electron chi connectivity index (χ3n) is 8.85. The van der Waals surface area contributed by atoms with Crippen molar-refractivity contribution in [3.8, 4) is 0 Å². The van der Waals surface area contributed by atoms with Crippen molar-refractivity contribution in [1.29, 1.82) is 0 Å². The number of alkyl halides is 3. The number of nitrogens with one attached hydrogen (secondary N) is 1. The highest BCUT2D eigenvalue weighted by molar-refractivity contribution is 7.92. The van der Waals surface area contributed by atoms with Gasteiger partial charge in [-0.15, -0.1) is 0 Å². The molecule has 12 heteroatoms. The maximum absolute atomic E-state index is 14.7. The molecule has 0 heterocycles. The molecule has 4 aromatic carbocycles. The van der Waals surface area contributed by atoms with Crippen LogP contribution in [0.2, 0.25) is 5.02 Å². The van der Waals surface area contributed by atoms with Crippen LogP contribution in [-0.4, -0.2) is 43.8 Å². The average molecular weight is 726 g/mol. The van der Waals surface area contributed by atoms with Gasteiger partial charge in [0.15, 0.2) is 0 Å². The summed E-state index contributed by atoms with van der Waals surface area (Å²) in [5, 5.41) is 2.83. The predicted molar refractivity (Wildman–Crippen MR) is 188 cm³/mol. The second-order valence-electron chi connectivity index (χ2n) is 12.5. The monoisotopic (exact) mass is 725 g/mol. The van der Waals surface area contributed by atoms with E-state index < -0.39 is 51.9 Å². The van der Waals surface area contributed by atoms with Crippen LogP contribution in [-0.2, 0) is 38.8 Å². The first-order valence-electron chi connectivity index (χ1n) is 16.5. The van der Waals surface area contributed by atoms with E-state index in [0.29, 0.717) is 15.9 Å². The summed E-state index contributed by atoms with van der Waals surface area (Å²) in [6.07, 6.45) is -0.107. The lowest BCUT2D eigenvalue weighted by Gasteiger charge is -2.35. The lowest BCUT2D eigenvalue weighted by molar-refractivity contribution is -0.140. The van der Waals surface area contributed by atoms with Crippen LogP contribution in [0.5, 0.6) is 0 Å². The fourth-order valence-electron chi connectivity index (χ4n) is 6.10. The highest BCUT2D eigenvalue weighted by atomic mass is 35.5. The van der Waals surface area contributed by atoms with Crippen molar-refractivity contribution in [3.63, 3.8) is 0 Å². The highest BCUT2D eigenvalue weighted by Crippen LogP contribution is 2.37. The van der Waals surface area contributed by atoms with Crippen molar-refractivity contribution in [2.24, 2.45) is 0 Å². The Kier molecular flexibility index (Phi) is 11.9. The lowest BCUT2D eigenvalue weighted by Crippen LogP contribution is -2.55. The van der Waals surface area contributed by atoms with Crippen LogP contribution in [0.15, 0.2) is 108 Å². The van der Waals surface area contributed by atoms with E-state index in [9.17, 15) is 31.2 Å². The molecule has 0 radical (unpaired) electrons. The van der Waals surface area contributed by atoms with Crippen LogP contribution in [0.25, 0.3) is 0 Å². The summed E-state index contributed by atoms with van der Waals surface area (Å²) in [6.45, 7) is 0.921. The Morgan fingerprint density at radius 2 is 1.48 bits per heavy atom. The minimum Gasteiger partial charge on any atom is -0.352 e. The van der Waals surface area contributed by atoms with E-state index >= 15 is 0 Å². The molecule has 0 spiro atoms. The zero-order valence-corrected chi connectivity index (χ0v) is 29.1. The summed E-state index contributed by atoms with van der Waals surface area (Å²) < 4.78 is 70.7. The fraction of sp³-hybridized carbons (Fsp3) is 0.316. The molecule has 2 amide bonds. The molecule has 1 aliphatic carbocycles. The number of aryl methyl sites for hydroxylation is 1. The molecule has 1 atom stereocenters. The first-order chi connectivity index (χ1) is 23.8. The molecule has 0 saturated heterocycles. The Bertz CT molecular complexity index is 1870. The van der Waals surface area contributed by atoms with E-state index in [-0.39, 0.29) is 28.9 Å². The van der Waals surface area contributed by atoms with Crippen LogP contribution in [0.3, 0.4) is 0 Å². The number of anilines is 1. The summed E-state index contributed by atoms with van der Waals surface area (Å²) >= 11 is 6.41.